The topological polar surface area (TPSA) is 81.8 Å². The van der Waals surface area contributed by atoms with Crippen molar-refractivity contribution in [1.29, 1.82) is 0 Å². The van der Waals surface area contributed by atoms with E-state index in [4.69, 9.17) is 11.6 Å². The molecular weight excluding hydrogens is 577 g/mol. The predicted molar refractivity (Wildman–Crippen MR) is 155 cm³/mol. The number of carbonyl (C=O) groups excluding carboxylic acids is 1. The predicted octanol–water partition coefficient (Wildman–Crippen LogP) is 6.01. The standard InChI is InChI=1S/C29H32ClF3N4O3S/c1-2-3-12-34-20-21-4-6-22(7-5-21)28(38)35-25-8-10-27(11-9-25)41(39,40)37-15-13-36(14-16-37)26-18-23(29(31,32)33)17-24(30)19-26/h4-11,17-19,34H,2-3,12-16,20H2,1H3,(H,35,38). The number of alkyl halides is 3. The van der Waals surface area contributed by atoms with Gasteiger partial charge < -0.3 is 15.5 Å². The Morgan fingerprint density at radius 3 is 2.22 bits per heavy atom. The highest BCUT2D eigenvalue weighted by molar-refractivity contribution is 7.89. The number of halogens is 4. The number of nitrogens with one attached hydrogen (secondary N) is 2. The molecule has 7 nitrogen and oxygen atoms in total. The highest BCUT2D eigenvalue weighted by atomic mass is 35.5. The average Bonchev–Trinajstić information content (AvgIpc) is 2.95. The molecule has 1 aliphatic heterocycles. The summed E-state index contributed by atoms with van der Waals surface area (Å²) in [4.78, 5) is 14.4. The van der Waals surface area contributed by atoms with E-state index in [-0.39, 0.29) is 42.0 Å². The second-order valence-electron chi connectivity index (χ2n) is 9.79. The third kappa shape index (κ3) is 8.00. The van der Waals surface area contributed by atoms with Crippen LogP contribution in [0.25, 0.3) is 0 Å². The van der Waals surface area contributed by atoms with E-state index in [0.29, 0.717) is 16.9 Å². The fraction of sp³-hybridized carbons (Fsp3) is 0.345. The number of sulfonamides is 1. The van der Waals surface area contributed by atoms with Crippen LogP contribution in [0.1, 0.15) is 41.3 Å². The molecule has 12 heteroatoms. The number of unbranched alkanes of at least 4 members (excludes halogenated alkanes) is 1. The Labute approximate surface area is 243 Å². The highest BCUT2D eigenvalue weighted by Gasteiger charge is 2.33. The van der Waals surface area contributed by atoms with E-state index in [1.54, 1.807) is 17.0 Å². The van der Waals surface area contributed by atoms with Crippen molar-refractivity contribution >= 4 is 38.9 Å². The number of amides is 1. The van der Waals surface area contributed by atoms with E-state index in [1.807, 2.05) is 12.1 Å². The Hall–Kier alpha value is -3.12. The van der Waals surface area contributed by atoms with E-state index in [9.17, 15) is 26.4 Å². The van der Waals surface area contributed by atoms with E-state index in [1.165, 1.54) is 34.6 Å². The fourth-order valence-electron chi connectivity index (χ4n) is 4.48. The zero-order valence-corrected chi connectivity index (χ0v) is 24.1. The van der Waals surface area contributed by atoms with Crippen molar-refractivity contribution in [2.24, 2.45) is 0 Å². The lowest BCUT2D eigenvalue weighted by Crippen LogP contribution is -2.48. The molecule has 0 atom stereocenters. The summed E-state index contributed by atoms with van der Waals surface area (Å²) in [7, 11) is -3.84. The van der Waals surface area contributed by atoms with Gasteiger partial charge in [-0.25, -0.2) is 8.42 Å². The maximum atomic E-state index is 13.2. The smallest absolute Gasteiger partial charge is 0.369 e. The molecular formula is C29H32ClF3N4O3S. The molecule has 4 rings (SSSR count). The average molecular weight is 609 g/mol. The first-order valence-corrected chi connectivity index (χ1v) is 15.1. The van der Waals surface area contributed by atoms with Gasteiger partial charge in [-0.2, -0.15) is 17.5 Å². The molecule has 0 spiro atoms. The second-order valence-corrected chi connectivity index (χ2v) is 12.2. The minimum absolute atomic E-state index is 0.0378. The molecule has 220 valence electrons. The van der Waals surface area contributed by atoms with Crippen LogP contribution in [0.15, 0.2) is 71.6 Å². The van der Waals surface area contributed by atoms with Crippen molar-refractivity contribution in [3.63, 3.8) is 0 Å². The Bertz CT molecular complexity index is 1440. The molecule has 1 saturated heterocycles. The molecule has 1 aliphatic rings. The Kier molecular flexibility index (Phi) is 9.96. The van der Waals surface area contributed by atoms with Crippen molar-refractivity contribution < 1.29 is 26.4 Å². The Morgan fingerprint density at radius 2 is 1.61 bits per heavy atom. The lowest BCUT2D eigenvalue weighted by molar-refractivity contribution is -0.137. The van der Waals surface area contributed by atoms with Gasteiger partial charge in [-0.05, 0) is 73.1 Å². The number of rotatable bonds is 10. The number of hydrogen-bond donors (Lipinski definition) is 2. The molecule has 0 unspecified atom stereocenters. The maximum Gasteiger partial charge on any atom is 0.416 e. The van der Waals surface area contributed by atoms with Crippen LogP contribution in [-0.2, 0) is 22.7 Å². The van der Waals surface area contributed by atoms with E-state index >= 15 is 0 Å². The summed E-state index contributed by atoms with van der Waals surface area (Å²) in [6.07, 6.45) is -2.30. The van der Waals surface area contributed by atoms with Gasteiger partial charge in [-0.15, -0.1) is 0 Å². The third-order valence-electron chi connectivity index (χ3n) is 6.82. The number of hydrogen-bond acceptors (Lipinski definition) is 5. The Morgan fingerprint density at radius 1 is 0.951 bits per heavy atom. The molecule has 1 heterocycles. The van der Waals surface area contributed by atoms with Crippen LogP contribution in [0, 0.1) is 0 Å². The number of benzene rings is 3. The Balaban J connectivity index is 1.34. The lowest BCUT2D eigenvalue weighted by atomic mass is 10.1. The highest BCUT2D eigenvalue weighted by Crippen LogP contribution is 2.35. The van der Waals surface area contributed by atoms with Crippen LogP contribution in [0.3, 0.4) is 0 Å². The molecule has 0 bridgehead atoms. The fourth-order valence-corrected chi connectivity index (χ4v) is 6.13. The quantitative estimate of drug-likeness (QED) is 0.276. The second kappa shape index (κ2) is 13.2. The largest absolute Gasteiger partial charge is 0.416 e. The molecule has 1 fully saturated rings. The van der Waals surface area contributed by atoms with Crippen LogP contribution < -0.4 is 15.5 Å². The summed E-state index contributed by atoms with van der Waals surface area (Å²) in [6, 6.07) is 16.5. The summed E-state index contributed by atoms with van der Waals surface area (Å²) in [5, 5.41) is 6.09. The lowest BCUT2D eigenvalue weighted by Gasteiger charge is -2.35. The van der Waals surface area contributed by atoms with Crippen LogP contribution in [0.2, 0.25) is 5.02 Å². The van der Waals surface area contributed by atoms with Gasteiger partial charge in [0.1, 0.15) is 0 Å². The molecule has 3 aromatic carbocycles. The van der Waals surface area contributed by atoms with Crippen molar-refractivity contribution in [3.05, 3.63) is 88.4 Å². The molecule has 41 heavy (non-hydrogen) atoms. The van der Waals surface area contributed by atoms with Crippen molar-refractivity contribution in [2.45, 2.75) is 37.4 Å². The summed E-state index contributed by atoms with van der Waals surface area (Å²) in [5.74, 6) is -0.308. The van der Waals surface area contributed by atoms with Gasteiger partial charge in [0.2, 0.25) is 10.0 Å². The summed E-state index contributed by atoms with van der Waals surface area (Å²) >= 11 is 5.91. The summed E-state index contributed by atoms with van der Waals surface area (Å²) in [6.45, 7) is 4.41. The number of piperazine rings is 1. The molecule has 0 saturated carbocycles. The molecule has 0 aromatic heterocycles. The monoisotopic (exact) mass is 608 g/mol. The minimum atomic E-state index is -4.54. The zero-order chi connectivity index (χ0) is 29.6. The van der Waals surface area contributed by atoms with Gasteiger partial charge in [-0.1, -0.05) is 37.1 Å². The molecule has 2 N–H and O–H groups in total. The number of carbonyl (C=O) groups is 1. The normalized spacial score (nSPS) is 14.7. The maximum absolute atomic E-state index is 13.2. The molecule has 0 aliphatic carbocycles. The number of anilines is 2. The van der Waals surface area contributed by atoms with Gasteiger partial charge in [0.05, 0.1) is 10.5 Å². The van der Waals surface area contributed by atoms with E-state index < -0.39 is 21.8 Å². The minimum Gasteiger partial charge on any atom is -0.369 e. The summed E-state index contributed by atoms with van der Waals surface area (Å²) < 4.78 is 67.3. The summed E-state index contributed by atoms with van der Waals surface area (Å²) in [5.41, 5.74) is 1.45. The van der Waals surface area contributed by atoms with Crippen molar-refractivity contribution in [2.75, 3.05) is 42.9 Å². The first-order valence-electron chi connectivity index (χ1n) is 13.3. The van der Waals surface area contributed by atoms with Gasteiger partial charge in [0.25, 0.3) is 5.91 Å². The van der Waals surface area contributed by atoms with Gasteiger partial charge in [-0.3, -0.25) is 4.79 Å². The molecule has 0 radical (unpaired) electrons. The zero-order valence-electron chi connectivity index (χ0n) is 22.5. The first-order chi connectivity index (χ1) is 19.5. The van der Waals surface area contributed by atoms with E-state index in [0.717, 1.165) is 43.6 Å². The van der Waals surface area contributed by atoms with Crippen molar-refractivity contribution in [3.8, 4) is 0 Å². The SMILES string of the molecule is CCCCNCc1ccc(C(=O)Nc2ccc(S(=O)(=O)N3CCN(c4cc(Cl)cc(C(F)(F)F)c4)CC3)cc2)cc1. The van der Waals surface area contributed by atoms with Gasteiger partial charge in [0, 0.05) is 54.7 Å². The van der Waals surface area contributed by atoms with Crippen LogP contribution >= 0.6 is 11.6 Å². The molecule has 3 aromatic rings. The number of nitrogens with zero attached hydrogens (tertiary/aromatic N) is 2. The van der Waals surface area contributed by atoms with Gasteiger partial charge >= 0.3 is 6.18 Å². The van der Waals surface area contributed by atoms with Crippen molar-refractivity contribution in [1.82, 2.24) is 9.62 Å². The third-order valence-corrected chi connectivity index (χ3v) is 8.95. The van der Waals surface area contributed by atoms with Crippen LogP contribution in [-0.4, -0.2) is 51.4 Å². The van der Waals surface area contributed by atoms with Gasteiger partial charge in [0.15, 0.2) is 0 Å². The van der Waals surface area contributed by atoms with Crippen LogP contribution in [0.5, 0.6) is 0 Å². The van der Waals surface area contributed by atoms with E-state index in [2.05, 4.69) is 17.6 Å². The molecule has 1 amide bonds. The van der Waals surface area contributed by atoms with Crippen LogP contribution in [0.4, 0.5) is 24.5 Å². The first kappa shape index (κ1) is 30.8.